The average molecular weight is 548 g/mol. The smallest absolute Gasteiger partial charge is 0.185 e. The van der Waals surface area contributed by atoms with Crippen molar-refractivity contribution in [1.29, 1.82) is 0 Å². The maximum Gasteiger partial charge on any atom is 0.185 e. The van der Waals surface area contributed by atoms with E-state index < -0.39 is 7.14 Å². The fraction of sp³-hybridized carbons (Fsp3) is 0. The quantitative estimate of drug-likeness (QED) is 0.205. The van der Waals surface area contributed by atoms with Crippen LogP contribution in [0.25, 0.3) is 38.6 Å². The zero-order valence-electron chi connectivity index (χ0n) is 21.8. The largest absolute Gasteiger partial charge is 0.456 e. The molecule has 0 amide bonds. The summed E-state index contributed by atoms with van der Waals surface area (Å²) < 4.78 is 30.3. The molecule has 0 saturated carbocycles. The molecule has 0 radical (unpaired) electrons. The van der Waals surface area contributed by atoms with Crippen LogP contribution in [-0.4, -0.2) is 4.57 Å². The topological polar surface area (TPSA) is 40.5 Å². The van der Waals surface area contributed by atoms with Crippen LogP contribution in [0.15, 0.2) is 133 Å². The SMILES string of the molecule is O=P12c3ccccc3Oc3cc(-c4ccc5c(c4)c4ccccc4n5-c4ccccc4)cc(c31)Oc1ccccc12. The minimum Gasteiger partial charge on any atom is -0.456 e. The van der Waals surface area contributed by atoms with Gasteiger partial charge in [0.25, 0.3) is 0 Å². The molecule has 9 rings (SSSR count). The van der Waals surface area contributed by atoms with Crippen molar-refractivity contribution in [2.24, 2.45) is 0 Å². The molecule has 2 aliphatic rings. The molecule has 0 atom stereocenters. The Labute approximate surface area is 236 Å². The molecule has 0 saturated heterocycles. The fourth-order valence-corrected chi connectivity index (χ4v) is 9.47. The van der Waals surface area contributed by atoms with Crippen molar-refractivity contribution in [1.82, 2.24) is 4.57 Å². The Bertz CT molecular complexity index is 2180. The summed E-state index contributed by atoms with van der Waals surface area (Å²) in [5.41, 5.74) is 5.40. The van der Waals surface area contributed by atoms with E-state index in [0.29, 0.717) is 38.9 Å². The summed E-state index contributed by atoms with van der Waals surface area (Å²) in [5.74, 6) is 2.43. The minimum absolute atomic E-state index is 0.584. The van der Waals surface area contributed by atoms with E-state index in [4.69, 9.17) is 9.47 Å². The van der Waals surface area contributed by atoms with Crippen molar-refractivity contribution < 1.29 is 14.0 Å². The lowest BCUT2D eigenvalue weighted by Crippen LogP contribution is -2.35. The van der Waals surface area contributed by atoms with Crippen LogP contribution in [0.3, 0.4) is 0 Å². The Morgan fingerprint density at radius 1 is 0.488 bits per heavy atom. The van der Waals surface area contributed by atoms with E-state index in [1.807, 2.05) is 66.7 Å². The summed E-state index contributed by atoms with van der Waals surface area (Å²) in [7, 11) is -3.18. The lowest BCUT2D eigenvalue weighted by atomic mass is 10.0. The van der Waals surface area contributed by atoms with Gasteiger partial charge >= 0.3 is 0 Å². The van der Waals surface area contributed by atoms with E-state index in [1.54, 1.807) is 0 Å². The summed E-state index contributed by atoms with van der Waals surface area (Å²) in [4.78, 5) is 0. The molecule has 0 aliphatic carbocycles. The first-order chi connectivity index (χ1) is 20.2. The van der Waals surface area contributed by atoms with E-state index in [9.17, 15) is 0 Å². The number of hydrogen-bond acceptors (Lipinski definition) is 3. The van der Waals surface area contributed by atoms with Crippen LogP contribution in [0.2, 0.25) is 0 Å². The molecule has 0 fully saturated rings. The highest BCUT2D eigenvalue weighted by molar-refractivity contribution is 7.86. The Balaban J connectivity index is 1.28. The second-order valence-corrected chi connectivity index (χ2v) is 13.1. The molecule has 194 valence electrons. The molecule has 7 aromatic rings. The third-order valence-corrected chi connectivity index (χ3v) is 11.4. The molecule has 2 aliphatic heterocycles. The minimum atomic E-state index is -3.18. The van der Waals surface area contributed by atoms with Gasteiger partial charge in [0.05, 0.1) is 21.6 Å². The summed E-state index contributed by atoms with van der Waals surface area (Å²) in [5, 5.41) is 4.42. The molecule has 4 nitrogen and oxygen atoms in total. The van der Waals surface area contributed by atoms with E-state index in [1.165, 1.54) is 5.39 Å². The molecular weight excluding hydrogens is 525 g/mol. The van der Waals surface area contributed by atoms with Gasteiger partial charge in [0.15, 0.2) is 7.14 Å². The monoisotopic (exact) mass is 547 g/mol. The second-order valence-electron chi connectivity index (χ2n) is 10.5. The Morgan fingerprint density at radius 2 is 1.07 bits per heavy atom. The predicted molar refractivity (Wildman–Crippen MR) is 166 cm³/mol. The van der Waals surface area contributed by atoms with Gasteiger partial charge in [0, 0.05) is 16.5 Å². The molecule has 3 heterocycles. The number of benzene rings is 6. The number of nitrogens with zero attached hydrogens (tertiary/aromatic N) is 1. The zero-order chi connectivity index (χ0) is 27.1. The number of ether oxygens (including phenoxy) is 2. The van der Waals surface area contributed by atoms with Gasteiger partial charge in [-0.3, -0.25) is 0 Å². The summed E-state index contributed by atoms with van der Waals surface area (Å²) in [6.07, 6.45) is 0. The van der Waals surface area contributed by atoms with Gasteiger partial charge in [0.1, 0.15) is 28.3 Å². The van der Waals surface area contributed by atoms with Gasteiger partial charge in [-0.1, -0.05) is 66.7 Å². The lowest BCUT2D eigenvalue weighted by molar-refractivity contribution is 0.462. The van der Waals surface area contributed by atoms with Crippen LogP contribution in [0.4, 0.5) is 0 Å². The number of hydrogen-bond donors (Lipinski definition) is 0. The lowest BCUT2D eigenvalue weighted by Gasteiger charge is -2.34. The summed E-state index contributed by atoms with van der Waals surface area (Å²) >= 11 is 0. The summed E-state index contributed by atoms with van der Waals surface area (Å²) in [6, 6.07) is 44.8. The van der Waals surface area contributed by atoms with E-state index >= 15 is 4.57 Å². The number of para-hydroxylation sites is 4. The third kappa shape index (κ3) is 3.08. The van der Waals surface area contributed by atoms with Crippen LogP contribution in [-0.2, 0) is 4.57 Å². The maximum atomic E-state index is 15.1. The number of rotatable bonds is 2. The number of aromatic nitrogens is 1. The summed E-state index contributed by atoms with van der Waals surface area (Å²) in [6.45, 7) is 0. The Kier molecular flexibility index (Phi) is 4.57. The molecule has 6 aromatic carbocycles. The van der Waals surface area contributed by atoms with Gasteiger partial charge in [0.2, 0.25) is 0 Å². The molecule has 0 spiro atoms. The molecular formula is C36H22NO3P. The highest BCUT2D eigenvalue weighted by atomic mass is 31.2. The van der Waals surface area contributed by atoms with Crippen LogP contribution in [0.5, 0.6) is 23.0 Å². The standard InChI is InChI=1S/C36H22NO3P/c38-41-34-16-8-6-14-30(34)39-32-21-24(22-33(36(32)41)40-31-15-7-9-17-35(31)41)23-18-19-29-27(20-23)26-12-4-5-13-28(26)37(29)25-10-2-1-3-11-25/h1-22H. The second kappa shape index (κ2) is 8.23. The fourth-order valence-electron chi connectivity index (χ4n) is 6.44. The van der Waals surface area contributed by atoms with E-state index in [0.717, 1.165) is 33.2 Å². The first-order valence-corrected chi connectivity index (χ1v) is 15.3. The van der Waals surface area contributed by atoms with Crippen molar-refractivity contribution in [3.63, 3.8) is 0 Å². The highest BCUT2D eigenvalue weighted by Gasteiger charge is 2.46. The Hall–Kier alpha value is -5.05. The van der Waals surface area contributed by atoms with Crippen LogP contribution < -0.4 is 25.4 Å². The van der Waals surface area contributed by atoms with Gasteiger partial charge in [-0.15, -0.1) is 0 Å². The molecule has 5 heteroatoms. The molecule has 1 aromatic heterocycles. The third-order valence-electron chi connectivity index (χ3n) is 8.22. The number of fused-ring (bicyclic) bond motifs is 7. The average Bonchev–Trinajstić information content (AvgIpc) is 3.35. The molecule has 41 heavy (non-hydrogen) atoms. The van der Waals surface area contributed by atoms with Crippen molar-refractivity contribution >= 4 is 44.9 Å². The van der Waals surface area contributed by atoms with Crippen LogP contribution in [0, 0.1) is 0 Å². The molecule has 0 N–H and O–H groups in total. The van der Waals surface area contributed by atoms with Crippen molar-refractivity contribution in [2.75, 3.05) is 0 Å². The maximum absolute atomic E-state index is 15.1. The molecule has 0 unspecified atom stereocenters. The highest BCUT2D eigenvalue weighted by Crippen LogP contribution is 2.58. The van der Waals surface area contributed by atoms with Crippen molar-refractivity contribution in [2.45, 2.75) is 0 Å². The van der Waals surface area contributed by atoms with Gasteiger partial charge in [-0.25, -0.2) is 0 Å². The first-order valence-electron chi connectivity index (χ1n) is 13.6. The van der Waals surface area contributed by atoms with Crippen molar-refractivity contribution in [3.8, 4) is 39.8 Å². The van der Waals surface area contributed by atoms with Gasteiger partial charge in [-0.05, 0) is 77.9 Å². The van der Waals surface area contributed by atoms with Crippen molar-refractivity contribution in [3.05, 3.63) is 133 Å². The van der Waals surface area contributed by atoms with Crippen LogP contribution in [0.1, 0.15) is 0 Å². The zero-order valence-corrected chi connectivity index (χ0v) is 22.7. The van der Waals surface area contributed by atoms with Crippen LogP contribution >= 0.6 is 7.14 Å². The predicted octanol–water partition coefficient (Wildman–Crippen LogP) is 8.30. The normalized spacial score (nSPS) is 14.0. The first kappa shape index (κ1) is 22.7. The Morgan fingerprint density at radius 3 is 1.78 bits per heavy atom. The van der Waals surface area contributed by atoms with E-state index in [-0.39, 0.29) is 0 Å². The molecule has 0 bridgehead atoms. The van der Waals surface area contributed by atoms with Gasteiger partial charge in [-0.2, -0.15) is 0 Å². The van der Waals surface area contributed by atoms with Gasteiger partial charge < -0.3 is 18.6 Å². The van der Waals surface area contributed by atoms with E-state index in [2.05, 4.69) is 71.3 Å².